The normalized spacial score (nSPS) is 12.3. The van der Waals surface area contributed by atoms with Crippen LogP contribution in [-0.4, -0.2) is 5.11 Å². The molecule has 2 rings (SSSR count). The van der Waals surface area contributed by atoms with Gasteiger partial charge in [0.1, 0.15) is 5.75 Å². The molecule has 0 amide bonds. The van der Waals surface area contributed by atoms with E-state index in [4.69, 9.17) is 0 Å². The van der Waals surface area contributed by atoms with Gasteiger partial charge in [-0.1, -0.05) is 47.6 Å². The largest absolute Gasteiger partial charge is 0.508 e. The second kappa shape index (κ2) is 11.4. The Bertz CT molecular complexity index is 467. The number of aromatic hydroxyl groups is 1. The number of phenolic OH excluding ortho intramolecular Hbond substituents is 1. The molecule has 4 heteroatoms. The van der Waals surface area contributed by atoms with Crippen molar-refractivity contribution in [3.05, 3.63) is 53.6 Å². The van der Waals surface area contributed by atoms with Crippen LogP contribution < -0.4 is 0 Å². The molecule has 0 fully saturated rings. The Morgan fingerprint density at radius 1 is 0.870 bits per heavy atom. The molecule has 0 atom stereocenters. The van der Waals surface area contributed by atoms with E-state index in [9.17, 15) is 5.11 Å². The van der Waals surface area contributed by atoms with E-state index in [-0.39, 0.29) is 57.4 Å². The Hall–Kier alpha value is -0.206. The van der Waals surface area contributed by atoms with Crippen LogP contribution in [0.4, 0.5) is 0 Å². The van der Waals surface area contributed by atoms with Gasteiger partial charge in [0.25, 0.3) is 0 Å². The Morgan fingerprint density at radius 2 is 1.30 bits per heavy atom. The molecule has 1 aliphatic rings. The second-order valence-electron chi connectivity index (χ2n) is 7.27. The van der Waals surface area contributed by atoms with Gasteiger partial charge in [-0.15, -0.1) is 31.2 Å². The van der Waals surface area contributed by atoms with Crippen molar-refractivity contribution in [2.45, 2.75) is 58.8 Å². The Balaban J connectivity index is -0.000000431. The van der Waals surface area contributed by atoms with Gasteiger partial charge in [-0.3, -0.25) is 6.08 Å². The number of benzene rings is 1. The first kappa shape index (κ1) is 27.6. The maximum Gasteiger partial charge on any atom is 0.116 e. The molecule has 0 radical (unpaired) electrons. The summed E-state index contributed by atoms with van der Waals surface area (Å²) in [7, 11) is 0. The third-order valence-corrected chi connectivity index (χ3v) is 3.24. The van der Waals surface area contributed by atoms with Gasteiger partial charge in [0, 0.05) is 21.7 Å². The number of halogens is 2. The Labute approximate surface area is 169 Å². The van der Waals surface area contributed by atoms with Gasteiger partial charge < -0.3 is 5.11 Å². The van der Waals surface area contributed by atoms with Crippen LogP contribution >= 0.6 is 24.8 Å². The summed E-state index contributed by atoms with van der Waals surface area (Å²) in [5.74, 6) is 0.368. The van der Waals surface area contributed by atoms with Crippen LogP contribution in [0, 0.1) is 6.08 Å². The molecule has 0 spiro atoms. The molecule has 1 N–H and O–H groups in total. The monoisotopic (exact) mass is 391 g/mol. The van der Waals surface area contributed by atoms with Crippen LogP contribution in [0.15, 0.2) is 36.4 Å². The fourth-order valence-corrected chi connectivity index (χ4v) is 1.82. The zero-order chi connectivity index (χ0) is 15.4. The van der Waals surface area contributed by atoms with Gasteiger partial charge in [-0.2, -0.15) is 6.08 Å². The molecule has 0 aromatic heterocycles. The maximum atomic E-state index is 9.72. The summed E-state index contributed by atoms with van der Waals surface area (Å²) in [4.78, 5) is 0. The molecule has 0 bridgehead atoms. The van der Waals surface area contributed by atoms with E-state index < -0.39 is 0 Å². The van der Waals surface area contributed by atoms with Crippen molar-refractivity contribution in [3.8, 4) is 5.75 Å². The second-order valence-corrected chi connectivity index (χ2v) is 7.27. The van der Waals surface area contributed by atoms with E-state index in [1.165, 1.54) is 11.1 Å². The number of hydrogen-bond donors (Lipinski definition) is 1. The van der Waals surface area contributed by atoms with Crippen LogP contribution in [0.5, 0.6) is 5.75 Å². The van der Waals surface area contributed by atoms with E-state index >= 15 is 0 Å². The molecular weight excluding hydrogens is 363 g/mol. The average Bonchev–Trinajstić information content (AvgIpc) is 2.84. The molecule has 1 nitrogen and oxygen atoms in total. The Morgan fingerprint density at radius 3 is 1.52 bits per heavy atom. The molecule has 0 saturated heterocycles. The van der Waals surface area contributed by atoms with Gasteiger partial charge in [-0.05, 0) is 34.1 Å². The van der Waals surface area contributed by atoms with E-state index in [2.05, 4.69) is 59.8 Å². The van der Waals surface area contributed by atoms with Crippen molar-refractivity contribution < 1.29 is 26.8 Å². The third-order valence-electron chi connectivity index (χ3n) is 3.24. The predicted octanol–water partition coefficient (Wildman–Crippen LogP) is 6.13. The summed E-state index contributed by atoms with van der Waals surface area (Å²) in [5, 5.41) is 9.72. The van der Waals surface area contributed by atoms with Crippen molar-refractivity contribution in [2.75, 3.05) is 0 Å². The standard InChI is InChI=1S/C14H22O.C5H5.2ClH.Ti/c1-13(2,3)10-7-11(14(4,5)6)9-12(15)8-10;1-2-4-5-3-1;;;/h7-9,15H,1-6H3;1-3H,4H2;2*1H;/q;-1;;;. The molecule has 0 aliphatic heterocycles. The van der Waals surface area contributed by atoms with Crippen molar-refractivity contribution in [3.63, 3.8) is 0 Å². The van der Waals surface area contributed by atoms with Crippen molar-refractivity contribution in [2.24, 2.45) is 0 Å². The van der Waals surface area contributed by atoms with Crippen molar-refractivity contribution in [1.82, 2.24) is 0 Å². The van der Waals surface area contributed by atoms with Crippen LogP contribution in [0.2, 0.25) is 0 Å². The minimum atomic E-state index is 0. The zero-order valence-electron chi connectivity index (χ0n) is 14.9. The molecule has 0 saturated carbocycles. The van der Waals surface area contributed by atoms with E-state index in [0.29, 0.717) is 5.75 Å². The van der Waals surface area contributed by atoms with Crippen molar-refractivity contribution >= 4 is 24.8 Å². The zero-order valence-corrected chi connectivity index (χ0v) is 18.1. The maximum absolute atomic E-state index is 9.72. The first-order valence-electron chi connectivity index (χ1n) is 7.17. The fourth-order valence-electron chi connectivity index (χ4n) is 1.82. The minimum Gasteiger partial charge on any atom is -0.508 e. The van der Waals surface area contributed by atoms with Crippen LogP contribution in [0.25, 0.3) is 0 Å². The summed E-state index contributed by atoms with van der Waals surface area (Å²) in [6, 6.07) is 5.91. The third kappa shape index (κ3) is 10.3. The summed E-state index contributed by atoms with van der Waals surface area (Å²) in [6.07, 6.45) is 10.0. The minimum absolute atomic E-state index is 0. The van der Waals surface area contributed by atoms with Crippen LogP contribution in [-0.2, 0) is 32.5 Å². The molecule has 1 aromatic rings. The first-order valence-corrected chi connectivity index (χ1v) is 7.17. The summed E-state index contributed by atoms with van der Waals surface area (Å²) in [5.41, 5.74) is 2.54. The number of rotatable bonds is 0. The number of phenols is 1. The molecule has 130 valence electrons. The van der Waals surface area contributed by atoms with E-state index in [1.807, 2.05) is 24.3 Å². The molecule has 1 aromatic carbocycles. The Kier molecular flexibility index (Phi) is 13.7. The molecule has 0 heterocycles. The SMILES string of the molecule is CC(C)(C)c1cc(O)cc(C(C)(C)C)c1.Cl.Cl.[C-]1=CC=CC1.[Ti]. The summed E-state index contributed by atoms with van der Waals surface area (Å²) in [6.45, 7) is 13.0. The molecular formula is C19H29Cl2OTi-. The smallest absolute Gasteiger partial charge is 0.116 e. The fraction of sp³-hybridized carbons (Fsp3) is 0.474. The van der Waals surface area contributed by atoms with Gasteiger partial charge in [-0.25, -0.2) is 12.2 Å². The summed E-state index contributed by atoms with van der Waals surface area (Å²) < 4.78 is 0. The quantitative estimate of drug-likeness (QED) is 0.416. The van der Waals surface area contributed by atoms with Gasteiger partial charge in [0.15, 0.2) is 0 Å². The molecule has 1 aliphatic carbocycles. The van der Waals surface area contributed by atoms with Gasteiger partial charge in [0.05, 0.1) is 0 Å². The first-order chi connectivity index (χ1) is 9.10. The van der Waals surface area contributed by atoms with E-state index in [0.717, 1.165) is 6.42 Å². The van der Waals surface area contributed by atoms with Crippen LogP contribution in [0.3, 0.4) is 0 Å². The van der Waals surface area contributed by atoms with Crippen LogP contribution in [0.1, 0.15) is 59.1 Å². The van der Waals surface area contributed by atoms with Crippen molar-refractivity contribution in [1.29, 1.82) is 0 Å². The number of allylic oxidation sites excluding steroid dienone is 4. The molecule has 0 unspecified atom stereocenters. The van der Waals surface area contributed by atoms with Gasteiger partial charge >= 0.3 is 0 Å². The summed E-state index contributed by atoms with van der Waals surface area (Å²) >= 11 is 0. The van der Waals surface area contributed by atoms with E-state index in [1.54, 1.807) is 0 Å². The molecule has 23 heavy (non-hydrogen) atoms. The number of hydrogen-bond acceptors (Lipinski definition) is 1. The van der Waals surface area contributed by atoms with Gasteiger partial charge in [0.2, 0.25) is 0 Å². The topological polar surface area (TPSA) is 20.2 Å². The average molecular weight is 392 g/mol. The predicted molar refractivity (Wildman–Crippen MR) is 102 cm³/mol.